The highest BCUT2D eigenvalue weighted by Crippen LogP contribution is 2.65. The number of hydrogen-bond donors (Lipinski definition) is 0. The molecule has 0 aromatic rings. The monoisotopic (exact) mass is 336 g/mol. The molecule has 8 unspecified atom stereocenters. The quantitative estimate of drug-likeness (QED) is 0.737. The number of ether oxygens (including phenoxy) is 2. The van der Waals surface area contributed by atoms with Gasteiger partial charge in [-0.15, -0.1) is 11.8 Å². The Hall–Kier alpha value is -0.550. The zero-order valence-corrected chi connectivity index (χ0v) is 14.5. The molecule has 1 heterocycles. The maximum absolute atomic E-state index is 12.8. The van der Waals surface area contributed by atoms with Crippen LogP contribution in [0.1, 0.15) is 32.6 Å². The molecule has 0 aromatic carbocycles. The Balaban J connectivity index is 1.29. The molecular formula is C18H24O4S. The van der Waals surface area contributed by atoms with Crippen LogP contribution in [0, 0.1) is 35.5 Å². The number of thioether (sulfide) groups is 1. The number of carbonyl (C=O) groups is 2. The topological polar surface area (TPSA) is 52.6 Å². The minimum atomic E-state index is -0.0383. The van der Waals surface area contributed by atoms with Gasteiger partial charge >= 0.3 is 5.97 Å². The fourth-order valence-corrected chi connectivity index (χ4v) is 8.36. The molecule has 5 aliphatic rings. The number of esters is 1. The van der Waals surface area contributed by atoms with Gasteiger partial charge in [0.1, 0.15) is 11.9 Å². The van der Waals surface area contributed by atoms with Gasteiger partial charge in [0.25, 0.3) is 0 Å². The van der Waals surface area contributed by atoms with Crippen molar-refractivity contribution in [3.8, 4) is 0 Å². The van der Waals surface area contributed by atoms with Crippen LogP contribution < -0.4 is 0 Å². The summed E-state index contributed by atoms with van der Waals surface area (Å²) in [5.41, 5.74) is 0. The molecule has 23 heavy (non-hydrogen) atoms. The smallest absolute Gasteiger partial charge is 0.309 e. The van der Waals surface area contributed by atoms with Crippen LogP contribution >= 0.6 is 11.8 Å². The highest BCUT2D eigenvalue weighted by atomic mass is 32.2. The number of ketones is 1. The third-order valence-corrected chi connectivity index (χ3v) is 9.22. The molecule has 0 N–H and O–H groups in total. The van der Waals surface area contributed by atoms with Gasteiger partial charge in [0, 0.05) is 29.4 Å². The summed E-state index contributed by atoms with van der Waals surface area (Å²) in [6, 6.07) is 0. The fraction of sp³-hybridized carbons (Fsp3) is 0.889. The molecular weight excluding hydrogens is 312 g/mol. The summed E-state index contributed by atoms with van der Waals surface area (Å²) >= 11 is 1.95. The van der Waals surface area contributed by atoms with E-state index in [1.807, 2.05) is 11.8 Å². The molecule has 0 spiro atoms. The Kier molecular flexibility index (Phi) is 3.20. The van der Waals surface area contributed by atoms with Gasteiger partial charge in [-0.25, -0.2) is 0 Å². The molecule has 4 aliphatic carbocycles. The lowest BCUT2D eigenvalue weighted by molar-refractivity contribution is -0.162. The fourth-order valence-electron chi connectivity index (χ4n) is 6.42. The summed E-state index contributed by atoms with van der Waals surface area (Å²) in [5.74, 6) is 2.17. The Morgan fingerprint density at radius 2 is 1.65 bits per heavy atom. The molecule has 4 saturated carbocycles. The Labute approximate surface area is 141 Å². The highest BCUT2D eigenvalue weighted by molar-refractivity contribution is 8.02. The van der Waals surface area contributed by atoms with E-state index in [4.69, 9.17) is 9.47 Å². The predicted octanol–water partition coefficient (Wildman–Crippen LogP) is 2.30. The SMILES string of the molecule is COC1C2SC3C(OC(=O)C4CC5CC(C(C)=O)C4C5)[C@@H]1C[C@@H]23. The van der Waals surface area contributed by atoms with Crippen molar-refractivity contribution < 1.29 is 19.1 Å². The third kappa shape index (κ3) is 1.89. The first kappa shape index (κ1) is 14.8. The van der Waals surface area contributed by atoms with Gasteiger partial charge in [-0.2, -0.15) is 0 Å². The molecule has 0 radical (unpaired) electrons. The Morgan fingerprint density at radius 1 is 0.913 bits per heavy atom. The lowest BCUT2D eigenvalue weighted by Gasteiger charge is -2.49. The van der Waals surface area contributed by atoms with Crippen molar-refractivity contribution in [3.63, 3.8) is 0 Å². The van der Waals surface area contributed by atoms with Crippen LogP contribution in [0.15, 0.2) is 0 Å². The van der Waals surface area contributed by atoms with E-state index in [0.717, 1.165) is 25.7 Å². The number of carbonyl (C=O) groups excluding carboxylic acids is 2. The second kappa shape index (κ2) is 4.98. The summed E-state index contributed by atoms with van der Waals surface area (Å²) in [5, 5.41) is 1.14. The number of methoxy groups -OCH3 is 1. The van der Waals surface area contributed by atoms with Crippen LogP contribution in [-0.2, 0) is 19.1 Å². The predicted molar refractivity (Wildman–Crippen MR) is 85.9 cm³/mol. The van der Waals surface area contributed by atoms with Crippen LogP contribution in [0.4, 0.5) is 0 Å². The van der Waals surface area contributed by atoms with Crippen molar-refractivity contribution in [2.24, 2.45) is 35.5 Å². The van der Waals surface area contributed by atoms with Gasteiger partial charge in [0.15, 0.2) is 0 Å². The first-order chi connectivity index (χ1) is 11.1. The zero-order chi connectivity index (χ0) is 15.9. The molecule has 10 atom stereocenters. The second-order valence-electron chi connectivity index (χ2n) is 8.29. The van der Waals surface area contributed by atoms with Gasteiger partial charge in [-0.05, 0) is 50.4 Å². The van der Waals surface area contributed by atoms with Crippen molar-refractivity contribution in [2.75, 3.05) is 7.11 Å². The number of Topliss-reactive ketones (excluding diaryl/α,β-unsaturated/α-hetero) is 1. The first-order valence-electron chi connectivity index (χ1n) is 8.97. The molecule has 5 fully saturated rings. The third-order valence-electron chi connectivity index (χ3n) is 7.36. The summed E-state index contributed by atoms with van der Waals surface area (Å²) in [6.45, 7) is 1.68. The van der Waals surface area contributed by atoms with Gasteiger partial charge in [-0.3, -0.25) is 9.59 Å². The van der Waals surface area contributed by atoms with Gasteiger partial charge in [-0.1, -0.05) is 0 Å². The van der Waals surface area contributed by atoms with E-state index in [0.29, 0.717) is 28.3 Å². The van der Waals surface area contributed by atoms with Gasteiger partial charge in [0.05, 0.1) is 12.0 Å². The van der Waals surface area contributed by atoms with E-state index in [1.54, 1.807) is 14.0 Å². The minimum absolute atomic E-state index is 0.0279. The summed E-state index contributed by atoms with van der Waals surface area (Å²) in [7, 11) is 1.78. The van der Waals surface area contributed by atoms with Crippen LogP contribution in [0.3, 0.4) is 0 Å². The maximum atomic E-state index is 12.8. The van der Waals surface area contributed by atoms with Crippen LogP contribution in [0.25, 0.3) is 0 Å². The normalized spacial score (nSPS) is 55.0. The molecule has 4 nitrogen and oxygen atoms in total. The van der Waals surface area contributed by atoms with Crippen molar-refractivity contribution in [3.05, 3.63) is 0 Å². The number of fused-ring (bicyclic) bond motifs is 3. The average Bonchev–Trinajstić information content (AvgIpc) is 3.23. The van der Waals surface area contributed by atoms with Crippen molar-refractivity contribution in [1.29, 1.82) is 0 Å². The van der Waals surface area contributed by atoms with Crippen LogP contribution in [0.5, 0.6) is 0 Å². The largest absolute Gasteiger partial charge is 0.461 e. The first-order valence-corrected chi connectivity index (χ1v) is 9.92. The Bertz CT molecular complexity index is 563. The van der Waals surface area contributed by atoms with E-state index < -0.39 is 0 Å². The molecule has 0 aromatic heterocycles. The van der Waals surface area contributed by atoms with E-state index in [2.05, 4.69) is 0 Å². The van der Waals surface area contributed by atoms with Crippen LogP contribution in [-0.4, -0.2) is 41.6 Å². The highest BCUT2D eigenvalue weighted by Gasteiger charge is 2.68. The number of rotatable bonds is 4. The number of hydrogen-bond acceptors (Lipinski definition) is 5. The molecule has 126 valence electrons. The lowest BCUT2D eigenvalue weighted by Crippen LogP contribution is -2.56. The molecule has 1 saturated heterocycles. The standard InChI is InChI=1S/C18H24O4S/c1-7(19)9-3-8-4-10(9)11(5-8)18(20)22-15-12-6-13-16(14(12)21-2)23-17(13)15/h8-17H,3-6H2,1-2H3/t8?,9?,10?,11?,12-,13+,14?,15?,16?,17?/m1/s1. The van der Waals surface area contributed by atoms with Crippen molar-refractivity contribution in [2.45, 2.75) is 55.3 Å². The zero-order valence-electron chi connectivity index (χ0n) is 13.6. The maximum Gasteiger partial charge on any atom is 0.309 e. The molecule has 5 heteroatoms. The molecule has 5 rings (SSSR count). The Morgan fingerprint density at radius 3 is 2.30 bits per heavy atom. The summed E-state index contributed by atoms with van der Waals surface area (Å²) in [4.78, 5) is 24.6. The average molecular weight is 336 g/mol. The van der Waals surface area contributed by atoms with Gasteiger partial charge in [0.2, 0.25) is 0 Å². The molecule has 0 amide bonds. The van der Waals surface area contributed by atoms with E-state index in [-0.39, 0.29) is 41.7 Å². The van der Waals surface area contributed by atoms with Crippen LogP contribution in [0.2, 0.25) is 0 Å². The van der Waals surface area contributed by atoms with E-state index in [9.17, 15) is 9.59 Å². The molecule has 1 aliphatic heterocycles. The summed E-state index contributed by atoms with van der Waals surface area (Å²) < 4.78 is 11.7. The van der Waals surface area contributed by atoms with Crippen molar-refractivity contribution in [1.82, 2.24) is 0 Å². The second-order valence-corrected chi connectivity index (χ2v) is 9.65. The van der Waals surface area contributed by atoms with E-state index in [1.165, 1.54) is 0 Å². The summed E-state index contributed by atoms with van der Waals surface area (Å²) in [6.07, 6.45) is 4.43. The van der Waals surface area contributed by atoms with Gasteiger partial charge < -0.3 is 9.47 Å². The van der Waals surface area contributed by atoms with E-state index >= 15 is 0 Å². The van der Waals surface area contributed by atoms with Crippen molar-refractivity contribution >= 4 is 23.5 Å². The lowest BCUT2D eigenvalue weighted by atomic mass is 9.78. The minimum Gasteiger partial charge on any atom is -0.461 e. The molecule has 4 bridgehead atoms.